The number of anilines is 1. The lowest BCUT2D eigenvalue weighted by atomic mass is 9.52. The molecule has 276 valence electrons. The lowest BCUT2D eigenvalue weighted by Crippen LogP contribution is -2.74. The number of aryl methyl sites for hydroxylation is 1. The lowest BCUT2D eigenvalue weighted by molar-refractivity contribution is -0.181. The predicted molar refractivity (Wildman–Crippen MR) is 178 cm³/mol. The molecule has 0 spiro atoms. The van der Waals surface area contributed by atoms with Gasteiger partial charge < -0.3 is 39.3 Å². The van der Waals surface area contributed by atoms with E-state index in [-0.39, 0.29) is 48.6 Å². The zero-order valence-corrected chi connectivity index (χ0v) is 29.9. The number of ether oxygens (including phenoxy) is 1. The monoisotopic (exact) mass is 712 g/mol. The van der Waals surface area contributed by atoms with Gasteiger partial charge in [0, 0.05) is 37.8 Å². The van der Waals surface area contributed by atoms with Crippen molar-refractivity contribution >= 4 is 40.8 Å². The molecule has 2 saturated carbocycles. The Morgan fingerprint density at radius 3 is 2.24 bits per heavy atom. The largest absolute Gasteiger partial charge is 0.519 e. The van der Waals surface area contributed by atoms with Crippen molar-refractivity contribution in [3.8, 4) is 5.75 Å². The number of aromatic hydroxyl groups is 1. The number of rotatable bonds is 8. The third kappa shape index (κ3) is 6.35. The van der Waals surface area contributed by atoms with Crippen LogP contribution < -0.4 is 16.5 Å². The van der Waals surface area contributed by atoms with Gasteiger partial charge in [-0.1, -0.05) is 20.8 Å². The minimum Gasteiger partial charge on any atom is -0.507 e. The van der Waals surface area contributed by atoms with Gasteiger partial charge in [-0.15, -0.1) is 0 Å². The van der Waals surface area contributed by atoms with Crippen LogP contribution in [0, 0.1) is 36.0 Å². The number of hydrogen-bond donors (Lipinski definition) is 3. The molecule has 3 aliphatic rings. The lowest BCUT2D eigenvalue weighted by Gasteiger charge is -2.52. The van der Waals surface area contributed by atoms with E-state index < -0.39 is 94.0 Å². The van der Waals surface area contributed by atoms with Crippen LogP contribution in [0.5, 0.6) is 5.75 Å². The molecular formula is C35H44N4O12. The number of Topliss-reactive ketones (excluding diaryl/α,β-unsaturated/α-hetero) is 4. The van der Waals surface area contributed by atoms with Crippen molar-refractivity contribution in [1.29, 1.82) is 0 Å². The molecule has 2 amide bonds. The third-order valence-corrected chi connectivity index (χ3v) is 10.0. The van der Waals surface area contributed by atoms with Crippen molar-refractivity contribution in [3.63, 3.8) is 0 Å². The van der Waals surface area contributed by atoms with Crippen molar-refractivity contribution in [2.45, 2.75) is 65.3 Å². The Balaban J connectivity index is 1.56. The van der Waals surface area contributed by atoms with Gasteiger partial charge in [0.25, 0.3) is 0 Å². The van der Waals surface area contributed by atoms with E-state index >= 15 is 0 Å². The van der Waals surface area contributed by atoms with Gasteiger partial charge in [-0.05, 0) is 56.8 Å². The number of nitrogens with two attached hydrogens (primary N) is 1. The highest BCUT2D eigenvalue weighted by Crippen LogP contribution is 2.52. The maximum absolute atomic E-state index is 14.4. The smallest absolute Gasteiger partial charge is 0.507 e. The van der Waals surface area contributed by atoms with Gasteiger partial charge >= 0.3 is 11.9 Å². The number of aliphatic hydroxyl groups is 1. The number of phenolic OH excluding ortho intramolecular Hbond substituents is 1. The average Bonchev–Trinajstić information content (AvgIpc) is 3.33. The number of carbonyl (C=O) groups excluding carboxylic acids is 6. The van der Waals surface area contributed by atoms with Crippen LogP contribution in [0.1, 0.15) is 60.2 Å². The van der Waals surface area contributed by atoms with Crippen LogP contribution in [0.15, 0.2) is 19.7 Å². The fourth-order valence-corrected chi connectivity index (χ4v) is 7.91. The Bertz CT molecular complexity index is 1880. The Hall–Kier alpha value is -4.83. The van der Waals surface area contributed by atoms with Crippen LogP contribution in [-0.4, -0.2) is 102 Å². The van der Waals surface area contributed by atoms with Crippen LogP contribution in [0.4, 0.5) is 10.5 Å². The molecule has 0 saturated heterocycles. The number of amides is 2. The second-order valence-electron chi connectivity index (χ2n) is 15.3. The molecule has 4 N–H and O–H groups in total. The molecule has 2 fully saturated rings. The summed E-state index contributed by atoms with van der Waals surface area (Å²) in [6, 6.07) is 0.427. The minimum atomic E-state index is -2.85. The fraction of sp³-hybridized carbons (Fsp3) is 0.571. The third-order valence-electron chi connectivity index (χ3n) is 10.0. The summed E-state index contributed by atoms with van der Waals surface area (Å²) in [7, 11) is 6.50. The molecule has 0 bridgehead atoms. The maximum atomic E-state index is 14.4. The normalized spacial score (nSPS) is 26.0. The molecule has 6 atom stereocenters. The first kappa shape index (κ1) is 37.4. The number of nitrogens with zero attached hydrogens (tertiary/aromatic N) is 3. The molecule has 1 aromatic heterocycles. The van der Waals surface area contributed by atoms with Crippen LogP contribution in [0.3, 0.4) is 0 Å². The van der Waals surface area contributed by atoms with E-state index in [2.05, 4.69) is 0 Å². The number of benzene rings is 1. The molecule has 51 heavy (non-hydrogen) atoms. The zero-order chi connectivity index (χ0) is 38.1. The average molecular weight is 713 g/mol. The van der Waals surface area contributed by atoms with Crippen LogP contribution in [0.25, 0.3) is 0 Å². The first-order chi connectivity index (χ1) is 23.6. The summed E-state index contributed by atoms with van der Waals surface area (Å²) in [5.41, 5.74) is 3.00. The van der Waals surface area contributed by atoms with Crippen LogP contribution in [-0.2, 0) is 43.5 Å². The molecule has 1 aromatic carbocycles. The SMILES string of the molecule is Cc1oc(=O)oc1COC(=O)N(Cc1cc(N(C)C)c2c(c1O)C(=O)C1C(=O)[C@]3(O)C(=O)C(C(N)=O)C(=O)[C@@H](N(C)C)[C@@H]3C[C@@H]1C2)CC(C)(C)C. The molecule has 0 radical (unpaired) electrons. The number of ketones is 4. The predicted octanol–water partition coefficient (Wildman–Crippen LogP) is 0.973. The molecule has 5 rings (SSSR count). The van der Waals surface area contributed by atoms with E-state index in [4.69, 9.17) is 19.3 Å². The molecule has 2 unspecified atom stereocenters. The first-order valence-electron chi connectivity index (χ1n) is 16.5. The fourth-order valence-electron chi connectivity index (χ4n) is 7.91. The Morgan fingerprint density at radius 1 is 1.06 bits per heavy atom. The molecule has 2 aromatic rings. The van der Waals surface area contributed by atoms with Gasteiger partial charge in [0.1, 0.15) is 5.75 Å². The molecule has 16 heteroatoms. The highest BCUT2D eigenvalue weighted by Gasteiger charge is 2.69. The Kier molecular flexibility index (Phi) is 9.58. The summed E-state index contributed by atoms with van der Waals surface area (Å²) in [5.74, 6) is -12.4. The minimum absolute atomic E-state index is 0.0247. The molecule has 16 nitrogen and oxygen atoms in total. The number of carbonyl (C=O) groups is 6. The van der Waals surface area contributed by atoms with E-state index in [0.29, 0.717) is 11.3 Å². The number of fused-ring (bicyclic) bond motifs is 3. The van der Waals surface area contributed by atoms with Gasteiger partial charge in [0.15, 0.2) is 52.8 Å². The maximum Gasteiger partial charge on any atom is 0.519 e. The standard InChI is InChI=1S/C35H44N4O12/c1-15-21(51-33(47)50-15)13-49-32(46)39(14-34(2,3)4)12-17-11-20(37(5)6)18-9-16-10-19-25(38(7)8)28(42)24(31(36)45)30(44)35(19,48)29(43)22(16)27(41)23(18)26(17)40/h11,16,19,22,24-25,40,48H,9-10,12-14H2,1-8H3,(H2,36,45)/t16-,19-,22?,24?,25-,35-/m0/s1. The Labute approximate surface area is 293 Å². The summed E-state index contributed by atoms with van der Waals surface area (Å²) >= 11 is 0. The van der Waals surface area contributed by atoms with Crippen LogP contribution in [0.2, 0.25) is 0 Å². The van der Waals surface area contributed by atoms with Gasteiger partial charge in [-0.25, -0.2) is 9.59 Å². The molecule has 1 heterocycles. The van der Waals surface area contributed by atoms with E-state index in [0.717, 1.165) is 0 Å². The highest BCUT2D eigenvalue weighted by atomic mass is 16.6. The summed E-state index contributed by atoms with van der Waals surface area (Å²) in [5, 5.41) is 23.6. The van der Waals surface area contributed by atoms with Crippen molar-refractivity contribution in [2.24, 2.45) is 34.8 Å². The number of hydrogen-bond acceptors (Lipinski definition) is 14. The van der Waals surface area contributed by atoms with Crippen molar-refractivity contribution < 1.29 is 52.6 Å². The number of likely N-dealkylation sites (N-methyl/N-ethyl adjacent to an activating group) is 1. The summed E-state index contributed by atoms with van der Waals surface area (Å²) in [4.78, 5) is 97.3. The molecular weight excluding hydrogens is 668 g/mol. The quantitative estimate of drug-likeness (QED) is 0.324. The van der Waals surface area contributed by atoms with Gasteiger partial charge in [0.2, 0.25) is 5.91 Å². The van der Waals surface area contributed by atoms with Gasteiger partial charge in [-0.2, -0.15) is 0 Å². The van der Waals surface area contributed by atoms with E-state index in [1.54, 1.807) is 25.1 Å². The van der Waals surface area contributed by atoms with Crippen molar-refractivity contribution in [2.75, 3.05) is 39.6 Å². The second kappa shape index (κ2) is 13.1. The second-order valence-corrected chi connectivity index (χ2v) is 15.3. The molecule has 3 aliphatic carbocycles. The van der Waals surface area contributed by atoms with Crippen LogP contribution >= 0.6 is 0 Å². The van der Waals surface area contributed by atoms with E-state index in [9.17, 15) is 43.8 Å². The topological polar surface area (TPSA) is 231 Å². The summed E-state index contributed by atoms with van der Waals surface area (Å²) in [6.07, 6.45) is -0.819. The number of primary amides is 1. The van der Waals surface area contributed by atoms with Gasteiger partial charge in [0.05, 0.1) is 24.1 Å². The van der Waals surface area contributed by atoms with Crippen molar-refractivity contribution in [3.05, 3.63) is 44.9 Å². The zero-order valence-electron chi connectivity index (χ0n) is 29.9. The van der Waals surface area contributed by atoms with E-state index in [1.807, 2.05) is 20.8 Å². The van der Waals surface area contributed by atoms with Crippen molar-refractivity contribution in [1.82, 2.24) is 9.80 Å². The van der Waals surface area contributed by atoms with Gasteiger partial charge in [-0.3, -0.25) is 28.9 Å². The number of phenols is 1. The first-order valence-corrected chi connectivity index (χ1v) is 16.5. The van der Waals surface area contributed by atoms with E-state index in [1.165, 1.54) is 30.8 Å². The molecule has 0 aliphatic heterocycles. The Morgan fingerprint density at radius 2 is 1.71 bits per heavy atom. The summed E-state index contributed by atoms with van der Waals surface area (Å²) in [6.45, 7) is 6.61. The highest BCUT2D eigenvalue weighted by molar-refractivity contribution is 6.32. The summed E-state index contributed by atoms with van der Waals surface area (Å²) < 4.78 is 15.2.